The Labute approximate surface area is 167 Å². The molecular weight excluding hydrogens is 374 g/mol. The average Bonchev–Trinajstić information content (AvgIpc) is 3.24. The van der Waals surface area contributed by atoms with Crippen LogP contribution < -0.4 is 5.32 Å². The van der Waals surface area contributed by atoms with Gasteiger partial charge in [0.2, 0.25) is 11.8 Å². The highest BCUT2D eigenvalue weighted by Gasteiger charge is 2.38. The summed E-state index contributed by atoms with van der Waals surface area (Å²) >= 11 is 1.64. The maximum atomic E-state index is 12.8. The highest BCUT2D eigenvalue weighted by molar-refractivity contribution is 7.17. The molecule has 7 nitrogen and oxygen atoms in total. The Balaban J connectivity index is 1.59. The van der Waals surface area contributed by atoms with Gasteiger partial charge in [0, 0.05) is 24.1 Å². The van der Waals surface area contributed by atoms with Gasteiger partial charge in [-0.2, -0.15) is 4.98 Å². The van der Waals surface area contributed by atoms with E-state index in [0.29, 0.717) is 11.7 Å². The summed E-state index contributed by atoms with van der Waals surface area (Å²) in [4.78, 5) is 24.0. The van der Waals surface area contributed by atoms with Crippen molar-refractivity contribution < 1.29 is 9.32 Å². The van der Waals surface area contributed by atoms with Crippen molar-refractivity contribution in [3.05, 3.63) is 40.3 Å². The molecular formula is C20H25N5O2S. The molecule has 1 amide bonds. The van der Waals surface area contributed by atoms with E-state index >= 15 is 0 Å². The smallest absolute Gasteiger partial charge is 0.244 e. The van der Waals surface area contributed by atoms with Gasteiger partial charge < -0.3 is 9.84 Å². The maximum Gasteiger partial charge on any atom is 0.244 e. The summed E-state index contributed by atoms with van der Waals surface area (Å²) in [6.07, 6.45) is 11.5. The van der Waals surface area contributed by atoms with E-state index in [9.17, 15) is 4.79 Å². The molecule has 0 atom stereocenters. The van der Waals surface area contributed by atoms with Crippen molar-refractivity contribution in [2.24, 2.45) is 0 Å². The lowest BCUT2D eigenvalue weighted by atomic mass is 9.89. The second kappa shape index (κ2) is 7.50. The Bertz CT molecular complexity index is 1020. The fraction of sp³-hybridized carbons (Fsp3) is 0.500. The molecule has 1 aliphatic rings. The molecule has 0 saturated heterocycles. The van der Waals surface area contributed by atoms with Gasteiger partial charge in [-0.25, -0.2) is 4.98 Å². The number of imidazole rings is 1. The predicted octanol–water partition coefficient (Wildman–Crippen LogP) is 4.08. The molecule has 0 aliphatic heterocycles. The molecule has 0 radical (unpaired) electrons. The van der Waals surface area contributed by atoms with E-state index in [4.69, 9.17) is 4.52 Å². The number of nitrogens with zero attached hydrogens (tertiary/aromatic N) is 4. The number of fused-ring (bicyclic) bond motifs is 1. The minimum absolute atomic E-state index is 0.148. The van der Waals surface area contributed by atoms with Gasteiger partial charge in [-0.1, -0.05) is 30.8 Å². The molecule has 0 unspecified atom stereocenters. The summed E-state index contributed by atoms with van der Waals surface area (Å²) < 4.78 is 7.24. The zero-order chi connectivity index (χ0) is 19.7. The molecule has 3 heterocycles. The third kappa shape index (κ3) is 3.61. The van der Waals surface area contributed by atoms with Crippen LogP contribution in [0.4, 0.5) is 0 Å². The quantitative estimate of drug-likeness (QED) is 0.528. The van der Waals surface area contributed by atoms with Crippen molar-refractivity contribution in [2.75, 3.05) is 0 Å². The monoisotopic (exact) mass is 399 g/mol. The first-order chi connectivity index (χ1) is 13.5. The number of nitrogens with one attached hydrogen (secondary N) is 1. The molecule has 8 heteroatoms. The van der Waals surface area contributed by atoms with E-state index < -0.39 is 5.54 Å². The molecule has 1 aliphatic carbocycles. The van der Waals surface area contributed by atoms with Crippen molar-refractivity contribution >= 4 is 28.3 Å². The van der Waals surface area contributed by atoms with Gasteiger partial charge in [-0.15, -0.1) is 11.3 Å². The highest BCUT2D eigenvalue weighted by atomic mass is 32.1. The summed E-state index contributed by atoms with van der Waals surface area (Å²) in [6.45, 7) is 5.79. The van der Waals surface area contributed by atoms with Gasteiger partial charge in [0.1, 0.15) is 5.54 Å². The number of carbonyl (C=O) groups excluding carboxylic acids is 1. The molecule has 4 rings (SSSR count). The van der Waals surface area contributed by atoms with E-state index in [2.05, 4.69) is 27.4 Å². The van der Waals surface area contributed by atoms with E-state index in [1.807, 2.05) is 23.6 Å². The van der Waals surface area contributed by atoms with E-state index in [0.717, 1.165) is 54.9 Å². The van der Waals surface area contributed by atoms with Crippen LogP contribution in [0.2, 0.25) is 0 Å². The van der Waals surface area contributed by atoms with Crippen LogP contribution >= 0.6 is 11.3 Å². The first-order valence-electron chi connectivity index (χ1n) is 9.73. The molecule has 0 bridgehead atoms. The fourth-order valence-corrected chi connectivity index (χ4v) is 4.82. The summed E-state index contributed by atoms with van der Waals surface area (Å²) in [5, 5.41) is 7.34. The van der Waals surface area contributed by atoms with Crippen LogP contribution in [0.1, 0.15) is 66.5 Å². The van der Waals surface area contributed by atoms with E-state index in [1.54, 1.807) is 24.3 Å². The minimum Gasteiger partial charge on any atom is -0.340 e. The topological polar surface area (TPSA) is 85.3 Å². The van der Waals surface area contributed by atoms with Crippen molar-refractivity contribution in [2.45, 2.75) is 64.8 Å². The molecule has 0 aromatic carbocycles. The number of hydrogen-bond donors (Lipinski definition) is 1. The van der Waals surface area contributed by atoms with Crippen LogP contribution in [0.3, 0.4) is 0 Å². The summed E-state index contributed by atoms with van der Waals surface area (Å²) in [7, 11) is 0. The Hall–Kier alpha value is -2.48. The zero-order valence-corrected chi connectivity index (χ0v) is 17.3. The second-order valence-corrected chi connectivity index (χ2v) is 8.75. The Kier molecular flexibility index (Phi) is 5.05. The molecule has 148 valence electrons. The van der Waals surface area contributed by atoms with Gasteiger partial charge in [-0.3, -0.25) is 9.20 Å². The second-order valence-electron chi connectivity index (χ2n) is 7.53. The Morgan fingerprint density at radius 2 is 1.96 bits per heavy atom. The first-order valence-corrected chi connectivity index (χ1v) is 10.5. The molecule has 1 fully saturated rings. The number of thiazole rings is 1. The van der Waals surface area contributed by atoms with E-state index in [1.165, 1.54) is 4.88 Å². The van der Waals surface area contributed by atoms with Crippen LogP contribution in [0.5, 0.6) is 0 Å². The van der Waals surface area contributed by atoms with Gasteiger partial charge in [0.05, 0.1) is 11.4 Å². The van der Waals surface area contributed by atoms with Crippen molar-refractivity contribution in [1.29, 1.82) is 0 Å². The number of hydrogen-bond acceptors (Lipinski definition) is 6. The fourth-order valence-electron chi connectivity index (χ4n) is 3.94. The van der Waals surface area contributed by atoms with Crippen LogP contribution in [0.25, 0.3) is 11.0 Å². The van der Waals surface area contributed by atoms with Crippen molar-refractivity contribution in [3.63, 3.8) is 0 Å². The standard InChI is InChI=1S/C20H25N5O2S/c1-13-12-25-16(14(2)21-19(25)28-13)8-9-17(26)23-20(10-6-4-5-7-11-20)18-22-15(3)27-24-18/h8-9,12H,4-7,10-11H2,1-3H3,(H,23,26)/b9-8+. The molecule has 3 aromatic heterocycles. The minimum atomic E-state index is -0.559. The van der Waals surface area contributed by atoms with Crippen LogP contribution in [-0.4, -0.2) is 25.4 Å². The summed E-state index contributed by atoms with van der Waals surface area (Å²) in [6, 6.07) is 0. The number of aromatic nitrogens is 4. The zero-order valence-electron chi connectivity index (χ0n) is 16.5. The highest BCUT2D eigenvalue weighted by Crippen LogP contribution is 2.34. The van der Waals surface area contributed by atoms with Crippen LogP contribution in [0.15, 0.2) is 16.8 Å². The van der Waals surface area contributed by atoms with Crippen molar-refractivity contribution in [1.82, 2.24) is 24.8 Å². The van der Waals surface area contributed by atoms with Gasteiger partial charge in [-0.05, 0) is 32.8 Å². The number of carbonyl (C=O) groups is 1. The van der Waals surface area contributed by atoms with Crippen LogP contribution in [0, 0.1) is 20.8 Å². The Morgan fingerprint density at radius 1 is 1.21 bits per heavy atom. The lowest BCUT2D eigenvalue weighted by Crippen LogP contribution is -2.45. The lowest BCUT2D eigenvalue weighted by molar-refractivity contribution is -0.118. The molecule has 0 spiro atoms. The largest absolute Gasteiger partial charge is 0.340 e. The summed E-state index contributed by atoms with van der Waals surface area (Å²) in [5.74, 6) is 0.962. The number of aryl methyl sites for hydroxylation is 3. The normalized spacial score (nSPS) is 17.2. The third-order valence-corrected chi connectivity index (χ3v) is 6.23. The first kappa shape index (κ1) is 18.9. The third-order valence-electron chi connectivity index (χ3n) is 5.33. The molecule has 3 aromatic rings. The van der Waals surface area contributed by atoms with Crippen LogP contribution in [-0.2, 0) is 10.3 Å². The molecule has 1 saturated carbocycles. The Morgan fingerprint density at radius 3 is 2.64 bits per heavy atom. The molecule has 1 N–H and O–H groups in total. The average molecular weight is 400 g/mol. The SMILES string of the molecule is Cc1nc(C2(NC(=O)/C=C/c3c(C)nc4sc(C)cn34)CCCCCC2)no1. The number of amides is 1. The van der Waals surface area contributed by atoms with E-state index in [-0.39, 0.29) is 5.91 Å². The van der Waals surface area contributed by atoms with Crippen molar-refractivity contribution in [3.8, 4) is 0 Å². The maximum absolute atomic E-state index is 12.8. The molecule has 28 heavy (non-hydrogen) atoms. The van der Waals surface area contributed by atoms with Gasteiger partial charge >= 0.3 is 0 Å². The lowest BCUT2D eigenvalue weighted by Gasteiger charge is -2.30. The van der Waals surface area contributed by atoms with Gasteiger partial charge in [0.15, 0.2) is 10.8 Å². The van der Waals surface area contributed by atoms with Gasteiger partial charge in [0.25, 0.3) is 0 Å². The predicted molar refractivity (Wildman–Crippen MR) is 108 cm³/mol. The summed E-state index contributed by atoms with van der Waals surface area (Å²) in [5.41, 5.74) is 1.28. The number of rotatable bonds is 4.